The number of carbonyl (C=O) groups is 1. The molecule has 0 atom stereocenters. The number of nitro groups is 1. The van der Waals surface area contributed by atoms with Crippen LogP contribution in [0.15, 0.2) is 24.4 Å². The summed E-state index contributed by atoms with van der Waals surface area (Å²) in [4.78, 5) is 22.2. The van der Waals surface area contributed by atoms with Crippen LogP contribution in [0.5, 0.6) is 5.75 Å². The number of hydrogen-bond donors (Lipinski definition) is 1. The van der Waals surface area contributed by atoms with Gasteiger partial charge in [-0.3, -0.25) is 19.6 Å². The summed E-state index contributed by atoms with van der Waals surface area (Å²) >= 11 is 5.90. The fourth-order valence-electron chi connectivity index (χ4n) is 1.93. The van der Waals surface area contributed by atoms with Gasteiger partial charge in [0.05, 0.1) is 34.5 Å². The van der Waals surface area contributed by atoms with Crippen LogP contribution in [0.2, 0.25) is 5.02 Å². The van der Waals surface area contributed by atoms with Crippen molar-refractivity contribution in [3.05, 3.63) is 45.2 Å². The van der Waals surface area contributed by atoms with Crippen LogP contribution in [0.3, 0.4) is 0 Å². The molecule has 0 aliphatic carbocycles. The first-order valence-electron chi connectivity index (χ1n) is 6.72. The molecule has 23 heavy (non-hydrogen) atoms. The van der Waals surface area contributed by atoms with Crippen molar-refractivity contribution in [1.29, 1.82) is 0 Å². The maximum atomic E-state index is 12.0. The van der Waals surface area contributed by atoms with Crippen LogP contribution in [-0.4, -0.2) is 27.7 Å². The predicted molar refractivity (Wildman–Crippen MR) is 84.9 cm³/mol. The van der Waals surface area contributed by atoms with Crippen LogP contribution in [0.25, 0.3) is 0 Å². The molecule has 9 heteroatoms. The highest BCUT2D eigenvalue weighted by atomic mass is 35.5. The minimum Gasteiger partial charge on any atom is -0.494 e. The summed E-state index contributed by atoms with van der Waals surface area (Å²) in [6.45, 7) is 2.15. The number of aryl methyl sites for hydroxylation is 2. The van der Waals surface area contributed by atoms with E-state index in [0.717, 1.165) is 0 Å². The first-order valence-corrected chi connectivity index (χ1v) is 7.10. The van der Waals surface area contributed by atoms with Crippen molar-refractivity contribution in [2.75, 3.05) is 12.4 Å². The number of benzene rings is 1. The van der Waals surface area contributed by atoms with E-state index in [9.17, 15) is 14.9 Å². The van der Waals surface area contributed by atoms with Gasteiger partial charge in [0.15, 0.2) is 0 Å². The molecule has 0 saturated heterocycles. The number of aromatic nitrogens is 2. The number of anilines is 1. The Labute approximate surface area is 137 Å². The normalized spacial score (nSPS) is 10.4. The molecular formula is C14H15ClN4O4. The Morgan fingerprint density at radius 1 is 1.52 bits per heavy atom. The molecular weight excluding hydrogens is 324 g/mol. The Morgan fingerprint density at radius 2 is 2.26 bits per heavy atom. The van der Waals surface area contributed by atoms with Gasteiger partial charge < -0.3 is 10.1 Å². The van der Waals surface area contributed by atoms with Gasteiger partial charge in [-0.05, 0) is 13.0 Å². The van der Waals surface area contributed by atoms with E-state index in [1.165, 1.54) is 25.3 Å². The van der Waals surface area contributed by atoms with Gasteiger partial charge in [0.1, 0.15) is 5.75 Å². The van der Waals surface area contributed by atoms with Gasteiger partial charge in [0, 0.05) is 25.2 Å². The highest BCUT2D eigenvalue weighted by molar-refractivity contribution is 6.31. The Hall–Kier alpha value is -2.61. The van der Waals surface area contributed by atoms with E-state index in [0.29, 0.717) is 22.9 Å². The number of methoxy groups -OCH3 is 1. The Bertz CT molecular complexity index is 725. The summed E-state index contributed by atoms with van der Waals surface area (Å²) < 4.78 is 6.65. The van der Waals surface area contributed by atoms with E-state index in [2.05, 4.69) is 10.4 Å². The molecule has 8 nitrogen and oxygen atoms in total. The lowest BCUT2D eigenvalue weighted by Crippen LogP contribution is -2.15. The maximum absolute atomic E-state index is 12.0. The molecule has 1 aromatic carbocycles. The number of amides is 1. The van der Waals surface area contributed by atoms with E-state index in [1.807, 2.05) is 0 Å². The average molecular weight is 339 g/mol. The molecule has 1 aromatic heterocycles. The number of hydrogen-bond acceptors (Lipinski definition) is 5. The lowest BCUT2D eigenvalue weighted by Gasteiger charge is -2.10. The number of rotatable bonds is 6. The third-order valence-corrected chi connectivity index (χ3v) is 3.50. The van der Waals surface area contributed by atoms with Gasteiger partial charge in [0.2, 0.25) is 5.91 Å². The van der Waals surface area contributed by atoms with Gasteiger partial charge in [0.25, 0.3) is 5.69 Å². The maximum Gasteiger partial charge on any atom is 0.273 e. The minimum atomic E-state index is -0.530. The van der Waals surface area contributed by atoms with E-state index in [4.69, 9.17) is 16.3 Å². The highest BCUT2D eigenvalue weighted by Gasteiger charge is 2.13. The Balaban J connectivity index is 2.00. The lowest BCUT2D eigenvalue weighted by molar-refractivity contribution is -0.384. The smallest absolute Gasteiger partial charge is 0.273 e. The van der Waals surface area contributed by atoms with Crippen molar-refractivity contribution >= 4 is 28.9 Å². The van der Waals surface area contributed by atoms with Crippen LogP contribution < -0.4 is 10.1 Å². The number of non-ortho nitro benzene ring substituents is 1. The van der Waals surface area contributed by atoms with Crippen molar-refractivity contribution in [2.45, 2.75) is 19.9 Å². The van der Waals surface area contributed by atoms with Gasteiger partial charge in [-0.25, -0.2) is 0 Å². The molecule has 122 valence electrons. The van der Waals surface area contributed by atoms with Crippen molar-refractivity contribution < 1.29 is 14.5 Å². The van der Waals surface area contributed by atoms with Crippen molar-refractivity contribution in [3.8, 4) is 5.75 Å². The molecule has 1 heterocycles. The molecule has 0 radical (unpaired) electrons. The molecule has 0 aliphatic rings. The SMILES string of the molecule is COc1cc([N+](=O)[O-])ccc1NC(=O)CCn1cc(Cl)c(C)n1. The van der Waals surface area contributed by atoms with Crippen LogP contribution >= 0.6 is 11.6 Å². The third kappa shape index (κ3) is 4.19. The number of nitrogens with one attached hydrogen (secondary N) is 1. The van der Waals surface area contributed by atoms with E-state index >= 15 is 0 Å². The zero-order chi connectivity index (χ0) is 17.0. The molecule has 0 spiro atoms. The summed E-state index contributed by atoms with van der Waals surface area (Å²) in [6, 6.07) is 3.99. The number of nitrogens with zero attached hydrogens (tertiary/aromatic N) is 3. The molecule has 0 bridgehead atoms. The second kappa shape index (κ2) is 7.10. The highest BCUT2D eigenvalue weighted by Crippen LogP contribution is 2.29. The van der Waals surface area contributed by atoms with E-state index < -0.39 is 4.92 Å². The topological polar surface area (TPSA) is 99.3 Å². The third-order valence-electron chi connectivity index (χ3n) is 3.12. The van der Waals surface area contributed by atoms with E-state index in [1.54, 1.807) is 17.8 Å². The van der Waals surface area contributed by atoms with Gasteiger partial charge in [-0.15, -0.1) is 0 Å². The number of nitro benzene ring substituents is 1. The predicted octanol–water partition coefficient (Wildman–Crippen LogP) is 2.79. The summed E-state index contributed by atoms with van der Waals surface area (Å²) in [5.41, 5.74) is 0.961. The zero-order valence-corrected chi connectivity index (χ0v) is 13.3. The average Bonchev–Trinajstić information content (AvgIpc) is 2.84. The van der Waals surface area contributed by atoms with E-state index in [-0.39, 0.29) is 23.8 Å². The molecule has 2 rings (SSSR count). The first kappa shape index (κ1) is 16.8. The number of ether oxygens (including phenoxy) is 1. The monoisotopic (exact) mass is 338 g/mol. The fourth-order valence-corrected chi connectivity index (χ4v) is 2.08. The standard InChI is InChI=1S/C14H15ClN4O4/c1-9-11(15)8-18(17-9)6-5-14(20)16-12-4-3-10(19(21)22)7-13(12)23-2/h3-4,7-8H,5-6H2,1-2H3,(H,16,20). The fraction of sp³-hybridized carbons (Fsp3) is 0.286. The summed E-state index contributed by atoms with van der Waals surface area (Å²) in [6.07, 6.45) is 1.83. The Morgan fingerprint density at radius 3 is 2.83 bits per heavy atom. The first-order chi connectivity index (χ1) is 10.9. The number of carbonyl (C=O) groups excluding carboxylic acids is 1. The minimum absolute atomic E-state index is 0.110. The van der Waals surface area contributed by atoms with Gasteiger partial charge >= 0.3 is 0 Å². The molecule has 0 fully saturated rings. The largest absolute Gasteiger partial charge is 0.494 e. The van der Waals surface area contributed by atoms with Crippen LogP contribution in [0.1, 0.15) is 12.1 Å². The van der Waals surface area contributed by atoms with Crippen LogP contribution in [0.4, 0.5) is 11.4 Å². The van der Waals surface area contributed by atoms with Gasteiger partial charge in [-0.1, -0.05) is 11.6 Å². The number of halogens is 1. The molecule has 0 saturated carbocycles. The second-order valence-corrected chi connectivity index (χ2v) is 5.17. The zero-order valence-electron chi connectivity index (χ0n) is 12.6. The van der Waals surface area contributed by atoms with Crippen LogP contribution in [-0.2, 0) is 11.3 Å². The molecule has 0 aliphatic heterocycles. The van der Waals surface area contributed by atoms with Gasteiger partial charge in [-0.2, -0.15) is 5.10 Å². The quantitative estimate of drug-likeness (QED) is 0.645. The molecule has 1 N–H and O–H groups in total. The summed E-state index contributed by atoms with van der Waals surface area (Å²) in [5, 5.41) is 18.1. The molecule has 1 amide bonds. The lowest BCUT2D eigenvalue weighted by atomic mass is 10.2. The van der Waals surface area contributed by atoms with Crippen molar-refractivity contribution in [2.24, 2.45) is 0 Å². The van der Waals surface area contributed by atoms with Crippen molar-refractivity contribution in [1.82, 2.24) is 9.78 Å². The summed E-state index contributed by atoms with van der Waals surface area (Å²) in [7, 11) is 1.38. The second-order valence-electron chi connectivity index (χ2n) is 4.77. The molecule has 2 aromatic rings. The Kier molecular flexibility index (Phi) is 5.17. The van der Waals surface area contributed by atoms with Crippen LogP contribution in [0, 0.1) is 17.0 Å². The summed E-state index contributed by atoms with van der Waals surface area (Å²) in [5.74, 6) is -0.0352. The molecule has 0 unspecified atom stereocenters. The van der Waals surface area contributed by atoms with Crippen molar-refractivity contribution in [3.63, 3.8) is 0 Å².